The summed E-state index contributed by atoms with van der Waals surface area (Å²) < 4.78 is 5.48. The van der Waals surface area contributed by atoms with Gasteiger partial charge in [0.1, 0.15) is 0 Å². The van der Waals surface area contributed by atoms with E-state index < -0.39 is 12.1 Å². The van der Waals surface area contributed by atoms with Crippen LogP contribution in [-0.4, -0.2) is 47.4 Å². The Morgan fingerprint density at radius 1 is 0.389 bits per heavy atom. The first kappa shape index (κ1) is 70.1. The highest BCUT2D eigenvalue weighted by molar-refractivity contribution is 5.76. The third kappa shape index (κ3) is 57.4. The maximum absolute atomic E-state index is 12.5. The van der Waals surface area contributed by atoms with Gasteiger partial charge < -0.3 is 20.3 Å². The molecule has 0 aliphatic carbocycles. The largest absolute Gasteiger partial charge is 0.466 e. The lowest BCUT2D eigenvalue weighted by molar-refractivity contribution is -0.143. The van der Waals surface area contributed by atoms with Crippen LogP contribution in [0.2, 0.25) is 0 Å². The Morgan fingerprint density at radius 3 is 1.10 bits per heavy atom. The molecule has 72 heavy (non-hydrogen) atoms. The summed E-state index contributed by atoms with van der Waals surface area (Å²) in [4.78, 5) is 24.6. The molecular weight excluding hydrogens is 887 g/mol. The molecule has 2 atom stereocenters. The van der Waals surface area contributed by atoms with Crippen molar-refractivity contribution in [3.05, 3.63) is 36.5 Å². The highest BCUT2D eigenvalue weighted by Gasteiger charge is 2.20. The maximum Gasteiger partial charge on any atom is 0.305 e. The molecule has 3 N–H and O–H groups in total. The SMILES string of the molecule is CCCCC/C=C\C/C=C\CCCCCCCCCCCC(=O)OCCCCCC/C=C\CCCCCCCCCC(=O)NC(CO)C(O)CCCCCCCCCCCCCCCCCCCCCCC. The zero-order valence-corrected chi connectivity index (χ0v) is 48.4. The van der Waals surface area contributed by atoms with E-state index in [4.69, 9.17) is 4.74 Å². The van der Waals surface area contributed by atoms with Gasteiger partial charge >= 0.3 is 5.97 Å². The van der Waals surface area contributed by atoms with Crippen molar-refractivity contribution < 1.29 is 24.5 Å². The van der Waals surface area contributed by atoms with E-state index in [-0.39, 0.29) is 18.5 Å². The van der Waals surface area contributed by atoms with Crippen molar-refractivity contribution in [2.24, 2.45) is 0 Å². The summed E-state index contributed by atoms with van der Waals surface area (Å²) in [5, 5.41) is 23.4. The summed E-state index contributed by atoms with van der Waals surface area (Å²) in [5.41, 5.74) is 0. The summed E-state index contributed by atoms with van der Waals surface area (Å²) in [6, 6.07) is -0.555. The van der Waals surface area contributed by atoms with Crippen LogP contribution in [0.15, 0.2) is 36.5 Å². The van der Waals surface area contributed by atoms with Crippen LogP contribution in [0.4, 0.5) is 0 Å². The van der Waals surface area contributed by atoms with Gasteiger partial charge in [-0.05, 0) is 83.5 Å². The van der Waals surface area contributed by atoms with Crippen LogP contribution in [0.25, 0.3) is 0 Å². The molecule has 0 aliphatic heterocycles. The second-order valence-electron chi connectivity index (χ2n) is 22.1. The molecule has 0 saturated heterocycles. The molecule has 0 saturated carbocycles. The topological polar surface area (TPSA) is 95.9 Å². The molecule has 0 aromatic heterocycles. The van der Waals surface area contributed by atoms with Crippen molar-refractivity contribution in [3.8, 4) is 0 Å². The minimum absolute atomic E-state index is 0.0132. The molecule has 0 aromatic carbocycles. The molecule has 0 heterocycles. The standard InChI is InChI=1S/C66H125NO5/c1-3-5-7-9-11-13-15-17-19-21-23-24-26-27-30-34-38-42-46-50-54-58-64(69)63(62-68)67-65(70)59-55-51-47-43-39-35-31-29-33-37-41-45-49-53-57-61-72-66(71)60-56-52-48-44-40-36-32-28-25-22-20-18-16-14-12-10-8-6-4-2/h12,14,18,20,33,37,63-64,68-69H,3-11,13,15-17,19,21-32,34-36,38-62H2,1-2H3,(H,67,70)/b14-12-,20-18-,37-33-. The summed E-state index contributed by atoms with van der Waals surface area (Å²) in [5.74, 6) is -0.0606. The number of aliphatic hydroxyl groups excluding tert-OH is 2. The van der Waals surface area contributed by atoms with Crippen molar-refractivity contribution in [1.82, 2.24) is 5.32 Å². The molecule has 1 amide bonds. The number of rotatable bonds is 60. The fraction of sp³-hybridized carbons (Fsp3) is 0.879. The number of carbonyl (C=O) groups is 2. The highest BCUT2D eigenvalue weighted by Crippen LogP contribution is 2.18. The summed E-state index contributed by atoms with van der Waals surface area (Å²) in [6.07, 6.45) is 77.2. The van der Waals surface area contributed by atoms with Crippen molar-refractivity contribution in [2.75, 3.05) is 13.2 Å². The van der Waals surface area contributed by atoms with Crippen LogP contribution in [0.5, 0.6) is 0 Å². The van der Waals surface area contributed by atoms with Gasteiger partial charge in [-0.15, -0.1) is 0 Å². The smallest absolute Gasteiger partial charge is 0.305 e. The van der Waals surface area contributed by atoms with E-state index in [1.54, 1.807) is 0 Å². The van der Waals surface area contributed by atoms with Gasteiger partial charge in [-0.25, -0.2) is 0 Å². The summed E-state index contributed by atoms with van der Waals surface area (Å²) in [7, 11) is 0. The Morgan fingerprint density at radius 2 is 0.694 bits per heavy atom. The van der Waals surface area contributed by atoms with Gasteiger partial charge in [-0.2, -0.15) is 0 Å². The quantitative estimate of drug-likeness (QED) is 0.0320. The summed E-state index contributed by atoms with van der Waals surface area (Å²) >= 11 is 0. The van der Waals surface area contributed by atoms with Gasteiger partial charge in [0.2, 0.25) is 5.91 Å². The van der Waals surface area contributed by atoms with E-state index in [1.807, 2.05) is 0 Å². The molecule has 0 rings (SSSR count). The Labute approximate surface area is 449 Å². The normalized spacial score (nSPS) is 12.8. The maximum atomic E-state index is 12.5. The van der Waals surface area contributed by atoms with Crippen molar-refractivity contribution in [3.63, 3.8) is 0 Å². The molecule has 0 spiro atoms. The molecule has 0 radical (unpaired) electrons. The first-order valence-electron chi connectivity index (χ1n) is 32.2. The van der Waals surface area contributed by atoms with E-state index in [0.717, 1.165) is 77.0 Å². The zero-order chi connectivity index (χ0) is 52.2. The Bertz CT molecular complexity index is 1170. The lowest BCUT2D eigenvalue weighted by Crippen LogP contribution is -2.45. The van der Waals surface area contributed by atoms with E-state index in [0.29, 0.717) is 25.9 Å². The third-order valence-electron chi connectivity index (χ3n) is 14.9. The highest BCUT2D eigenvalue weighted by atomic mass is 16.5. The first-order valence-corrected chi connectivity index (χ1v) is 32.2. The van der Waals surface area contributed by atoms with Gasteiger partial charge in [-0.1, -0.05) is 288 Å². The van der Waals surface area contributed by atoms with Crippen LogP contribution < -0.4 is 5.32 Å². The average Bonchev–Trinajstić information content (AvgIpc) is 3.38. The third-order valence-corrected chi connectivity index (χ3v) is 14.9. The Balaban J connectivity index is 3.46. The molecule has 424 valence electrons. The second kappa shape index (κ2) is 61.6. The van der Waals surface area contributed by atoms with Crippen molar-refractivity contribution in [2.45, 2.75) is 360 Å². The minimum atomic E-state index is -0.676. The number of esters is 1. The first-order chi connectivity index (χ1) is 35.5. The van der Waals surface area contributed by atoms with Crippen molar-refractivity contribution in [1.29, 1.82) is 0 Å². The fourth-order valence-corrected chi connectivity index (χ4v) is 9.96. The monoisotopic (exact) mass is 1010 g/mol. The molecule has 2 unspecified atom stereocenters. The Hall–Kier alpha value is -1.92. The van der Waals surface area contributed by atoms with E-state index in [2.05, 4.69) is 55.6 Å². The molecular formula is C66H125NO5. The van der Waals surface area contributed by atoms with E-state index in [1.165, 1.54) is 238 Å². The van der Waals surface area contributed by atoms with Crippen LogP contribution in [0.1, 0.15) is 348 Å². The number of carbonyl (C=O) groups excluding carboxylic acids is 2. The number of unbranched alkanes of at least 4 members (excludes halogenated alkanes) is 43. The predicted octanol–water partition coefficient (Wildman–Crippen LogP) is 20.4. The molecule has 6 heteroatoms. The lowest BCUT2D eigenvalue weighted by atomic mass is 10.0. The fourth-order valence-electron chi connectivity index (χ4n) is 9.96. The molecule has 0 aromatic rings. The average molecular weight is 1010 g/mol. The van der Waals surface area contributed by atoms with Gasteiger partial charge in [0, 0.05) is 12.8 Å². The molecule has 0 fully saturated rings. The van der Waals surface area contributed by atoms with Crippen molar-refractivity contribution >= 4 is 11.9 Å². The van der Waals surface area contributed by atoms with E-state index >= 15 is 0 Å². The van der Waals surface area contributed by atoms with Crippen LogP contribution in [-0.2, 0) is 14.3 Å². The predicted molar refractivity (Wildman–Crippen MR) is 315 cm³/mol. The lowest BCUT2D eigenvalue weighted by Gasteiger charge is -2.22. The number of hydrogen-bond acceptors (Lipinski definition) is 5. The van der Waals surface area contributed by atoms with E-state index in [9.17, 15) is 19.8 Å². The summed E-state index contributed by atoms with van der Waals surface area (Å²) in [6.45, 7) is 4.92. The van der Waals surface area contributed by atoms with Gasteiger partial charge in [-0.3, -0.25) is 9.59 Å². The van der Waals surface area contributed by atoms with Gasteiger partial charge in [0.15, 0.2) is 0 Å². The minimum Gasteiger partial charge on any atom is -0.466 e. The van der Waals surface area contributed by atoms with Gasteiger partial charge in [0.25, 0.3) is 0 Å². The number of amides is 1. The zero-order valence-electron chi connectivity index (χ0n) is 48.4. The number of nitrogens with one attached hydrogen (secondary N) is 1. The second-order valence-corrected chi connectivity index (χ2v) is 22.1. The van der Waals surface area contributed by atoms with Crippen LogP contribution >= 0.6 is 0 Å². The number of hydrogen-bond donors (Lipinski definition) is 3. The van der Waals surface area contributed by atoms with Gasteiger partial charge in [0.05, 0.1) is 25.4 Å². The molecule has 6 nitrogen and oxygen atoms in total. The number of allylic oxidation sites excluding steroid dienone is 6. The van der Waals surface area contributed by atoms with Crippen LogP contribution in [0.3, 0.4) is 0 Å². The Kier molecular flexibility index (Phi) is 60.0. The molecule has 0 bridgehead atoms. The van der Waals surface area contributed by atoms with Crippen LogP contribution in [0, 0.1) is 0 Å². The number of aliphatic hydroxyl groups is 2. The number of ether oxygens (including phenoxy) is 1. The molecule has 0 aliphatic rings.